The van der Waals surface area contributed by atoms with Crippen molar-refractivity contribution in [1.29, 1.82) is 0 Å². The Morgan fingerprint density at radius 1 is 1.45 bits per heavy atom. The van der Waals surface area contributed by atoms with Gasteiger partial charge in [-0.2, -0.15) is 0 Å². The van der Waals surface area contributed by atoms with E-state index in [1.165, 1.54) is 18.1 Å². The number of amides is 1. The minimum Gasteiger partial charge on any atom is -0.323 e. The van der Waals surface area contributed by atoms with Crippen LogP contribution in [0.1, 0.15) is 15.9 Å². The first-order valence-electron chi connectivity index (χ1n) is 5.96. The van der Waals surface area contributed by atoms with E-state index >= 15 is 0 Å². The molecule has 0 saturated heterocycles. The monoisotopic (exact) mass is 287 g/mol. The molecule has 2 N–H and O–H groups in total. The number of hydrogen-bond donors (Lipinski definition) is 2. The summed E-state index contributed by atoms with van der Waals surface area (Å²) < 4.78 is 1.62. The molecule has 3 heterocycles. The molecule has 0 aliphatic carbocycles. The predicted molar refractivity (Wildman–Crippen MR) is 72.2 cm³/mol. The predicted octanol–water partition coefficient (Wildman–Crippen LogP) is 0.587. The van der Waals surface area contributed by atoms with Crippen molar-refractivity contribution in [2.24, 2.45) is 0 Å². The first kappa shape index (κ1) is 11.5. The smallest absolute Gasteiger partial charge is 0.257 e. The van der Waals surface area contributed by atoms with Gasteiger partial charge in [0.15, 0.2) is 11.8 Å². The highest BCUT2D eigenvalue weighted by atomic mass is 32.2. The number of carbonyl (C=O) groups is 2. The second-order valence-electron chi connectivity index (χ2n) is 4.63. The summed E-state index contributed by atoms with van der Waals surface area (Å²) in [7, 11) is 0. The fourth-order valence-corrected chi connectivity index (χ4v) is 3.67. The number of nitrogens with one attached hydrogen (secondary N) is 2. The maximum Gasteiger partial charge on any atom is 0.257 e. The van der Waals surface area contributed by atoms with E-state index < -0.39 is 5.54 Å². The molecule has 1 spiro atoms. The third kappa shape index (κ3) is 1.31. The number of hydrogen-bond acceptors (Lipinski definition) is 6. The second-order valence-corrected chi connectivity index (χ2v) is 5.57. The number of anilines is 1. The molecule has 2 aliphatic heterocycles. The van der Waals surface area contributed by atoms with Gasteiger partial charge in [0.25, 0.3) is 5.91 Å². The molecule has 1 unspecified atom stereocenters. The highest BCUT2D eigenvalue weighted by Crippen LogP contribution is 2.43. The largest absolute Gasteiger partial charge is 0.323 e. The van der Waals surface area contributed by atoms with Crippen molar-refractivity contribution in [3.63, 3.8) is 0 Å². The van der Waals surface area contributed by atoms with Gasteiger partial charge < -0.3 is 10.7 Å². The second kappa shape index (κ2) is 3.83. The van der Waals surface area contributed by atoms with Crippen LogP contribution in [0.15, 0.2) is 29.7 Å². The summed E-state index contributed by atoms with van der Waals surface area (Å²) in [5, 5.41) is 11.3. The first-order valence-corrected chi connectivity index (χ1v) is 6.94. The lowest BCUT2D eigenvalue weighted by Crippen LogP contribution is -2.51. The maximum absolute atomic E-state index is 12.5. The van der Waals surface area contributed by atoms with Crippen LogP contribution >= 0.6 is 11.8 Å². The number of carbonyl (C=O) groups excluding carboxylic acids is 2. The lowest BCUT2D eigenvalue weighted by Gasteiger charge is -2.33. The van der Waals surface area contributed by atoms with E-state index in [4.69, 9.17) is 0 Å². The van der Waals surface area contributed by atoms with E-state index in [0.717, 1.165) is 6.29 Å². The van der Waals surface area contributed by atoms with Gasteiger partial charge >= 0.3 is 0 Å². The first-order chi connectivity index (χ1) is 9.74. The Kier molecular flexibility index (Phi) is 2.19. The van der Waals surface area contributed by atoms with Gasteiger partial charge in [0.2, 0.25) is 5.16 Å². The molecule has 1 aromatic carbocycles. The van der Waals surface area contributed by atoms with Crippen LogP contribution in [0.25, 0.3) is 0 Å². The molecule has 20 heavy (non-hydrogen) atoms. The maximum atomic E-state index is 12.5. The molecule has 1 aromatic heterocycles. The average Bonchev–Trinajstić information content (AvgIpc) is 3.03. The summed E-state index contributed by atoms with van der Waals surface area (Å²) >= 11 is 1.43. The summed E-state index contributed by atoms with van der Waals surface area (Å²) in [5.41, 5.74) is 4.03. The third-order valence-electron chi connectivity index (χ3n) is 3.53. The van der Waals surface area contributed by atoms with Gasteiger partial charge in [-0.1, -0.05) is 23.9 Å². The molecule has 4 rings (SSSR count). The number of thioether (sulfide) groups is 1. The van der Waals surface area contributed by atoms with Crippen LogP contribution in [-0.4, -0.2) is 32.8 Å². The summed E-state index contributed by atoms with van der Waals surface area (Å²) in [4.78, 5) is 23.7. The van der Waals surface area contributed by atoms with Crippen LogP contribution in [0, 0.1) is 0 Å². The quantitative estimate of drug-likeness (QED) is 0.746. The Balaban J connectivity index is 1.93. The molecular weight excluding hydrogens is 278 g/mol. The minimum atomic E-state index is -0.965. The fourth-order valence-electron chi connectivity index (χ4n) is 2.65. The highest BCUT2D eigenvalue weighted by Gasteiger charge is 2.51. The molecule has 1 amide bonds. The summed E-state index contributed by atoms with van der Waals surface area (Å²) in [6.45, 7) is 0. The molecule has 0 fully saturated rings. The van der Waals surface area contributed by atoms with E-state index in [9.17, 15) is 9.59 Å². The average molecular weight is 287 g/mol. The molecule has 1 atom stereocenters. The molecule has 2 aliphatic rings. The molecule has 0 saturated carbocycles. The summed E-state index contributed by atoms with van der Waals surface area (Å²) in [6.07, 6.45) is 2.28. The van der Waals surface area contributed by atoms with Gasteiger partial charge in [0.05, 0.1) is 0 Å². The lowest BCUT2D eigenvalue weighted by molar-refractivity contribution is -0.119. The van der Waals surface area contributed by atoms with Crippen molar-refractivity contribution >= 4 is 29.6 Å². The van der Waals surface area contributed by atoms with Crippen LogP contribution < -0.4 is 10.7 Å². The minimum absolute atomic E-state index is 0.173. The number of aromatic nitrogens is 3. The zero-order valence-corrected chi connectivity index (χ0v) is 11.0. The van der Waals surface area contributed by atoms with Gasteiger partial charge in [0, 0.05) is 22.6 Å². The van der Waals surface area contributed by atoms with Crippen LogP contribution in [0.2, 0.25) is 0 Å². The van der Waals surface area contributed by atoms with Crippen LogP contribution in [0.4, 0.5) is 5.69 Å². The third-order valence-corrected chi connectivity index (χ3v) is 4.65. The van der Waals surface area contributed by atoms with Crippen molar-refractivity contribution in [1.82, 2.24) is 14.9 Å². The highest BCUT2D eigenvalue weighted by molar-refractivity contribution is 7.99. The normalized spacial score (nSPS) is 22.9. The van der Waals surface area contributed by atoms with Gasteiger partial charge in [-0.15, -0.1) is 10.2 Å². The Hall–Kier alpha value is -2.35. The Morgan fingerprint density at radius 3 is 3.20 bits per heavy atom. The molecule has 2 aromatic rings. The zero-order valence-electron chi connectivity index (χ0n) is 10.2. The summed E-state index contributed by atoms with van der Waals surface area (Å²) in [6, 6.07) is 5.26. The Morgan fingerprint density at radius 2 is 2.35 bits per heavy atom. The lowest BCUT2D eigenvalue weighted by atomic mass is 9.90. The van der Waals surface area contributed by atoms with E-state index in [2.05, 4.69) is 20.9 Å². The Labute approximate surface area is 117 Å². The van der Waals surface area contributed by atoms with Gasteiger partial charge in [0.1, 0.15) is 6.33 Å². The molecule has 8 heteroatoms. The van der Waals surface area contributed by atoms with Crippen molar-refractivity contribution in [2.75, 3.05) is 16.5 Å². The number of fused-ring (bicyclic) bond motifs is 3. The molecule has 7 nitrogen and oxygen atoms in total. The van der Waals surface area contributed by atoms with Crippen molar-refractivity contribution in [3.8, 4) is 0 Å². The van der Waals surface area contributed by atoms with Crippen LogP contribution in [0.5, 0.6) is 0 Å². The fraction of sp³-hybridized carbons (Fsp3) is 0.167. The molecular formula is C12H9N5O2S. The zero-order chi connectivity index (χ0) is 13.7. The van der Waals surface area contributed by atoms with Crippen molar-refractivity contribution in [3.05, 3.63) is 35.7 Å². The SMILES string of the molecule is O=Cc1cccc2c1C1(CSc3nncn3N1)C(=O)N2. The standard InChI is InChI=1S/C12H9N5O2S/c18-4-7-2-1-3-8-9(7)12(10(19)14-8)5-20-11-15-13-6-17(11)16-12/h1-4,6,16H,5H2,(H,14,19). The Bertz CT molecular complexity index is 743. The number of rotatable bonds is 1. The van der Waals surface area contributed by atoms with E-state index in [-0.39, 0.29) is 5.91 Å². The summed E-state index contributed by atoms with van der Waals surface area (Å²) in [5.74, 6) is 0.281. The van der Waals surface area contributed by atoms with Gasteiger partial charge in [-0.05, 0) is 6.07 Å². The number of nitrogens with zero attached hydrogens (tertiary/aromatic N) is 3. The molecule has 0 bridgehead atoms. The van der Waals surface area contributed by atoms with Gasteiger partial charge in [-0.3, -0.25) is 9.59 Å². The van der Waals surface area contributed by atoms with E-state index in [0.29, 0.717) is 27.7 Å². The van der Waals surface area contributed by atoms with Crippen LogP contribution in [-0.2, 0) is 10.3 Å². The van der Waals surface area contributed by atoms with Crippen molar-refractivity contribution < 1.29 is 9.59 Å². The van der Waals surface area contributed by atoms with Crippen molar-refractivity contribution in [2.45, 2.75) is 10.7 Å². The number of benzene rings is 1. The number of aldehydes is 1. The molecule has 100 valence electrons. The molecule has 0 radical (unpaired) electrons. The van der Waals surface area contributed by atoms with E-state index in [1.807, 2.05) is 0 Å². The van der Waals surface area contributed by atoms with E-state index in [1.54, 1.807) is 22.9 Å². The van der Waals surface area contributed by atoms with Crippen LogP contribution in [0.3, 0.4) is 0 Å². The topological polar surface area (TPSA) is 88.9 Å². The van der Waals surface area contributed by atoms with Gasteiger partial charge in [-0.25, -0.2) is 4.68 Å².